The van der Waals surface area contributed by atoms with E-state index in [2.05, 4.69) is 17.1 Å². The molecule has 1 fully saturated rings. The van der Waals surface area contributed by atoms with Crippen molar-refractivity contribution < 1.29 is 9.90 Å². The Labute approximate surface area is 120 Å². The minimum atomic E-state index is -0.905. The molecule has 5 nitrogen and oxygen atoms in total. The van der Waals surface area contributed by atoms with Crippen LogP contribution in [0.3, 0.4) is 0 Å². The lowest BCUT2D eigenvalue weighted by molar-refractivity contribution is 0.0695. The van der Waals surface area contributed by atoms with Gasteiger partial charge in [0.2, 0.25) is 0 Å². The maximum atomic E-state index is 11.6. The van der Waals surface area contributed by atoms with Gasteiger partial charge in [-0.15, -0.1) is 5.10 Å². The molecule has 0 amide bonds. The Kier molecular flexibility index (Phi) is 4.26. The molecule has 1 aromatic rings. The van der Waals surface area contributed by atoms with E-state index in [0.717, 1.165) is 23.7 Å². The largest absolute Gasteiger partial charge is 0.478 e. The molecule has 1 heterocycles. The quantitative estimate of drug-likeness (QED) is 0.864. The van der Waals surface area contributed by atoms with Crippen molar-refractivity contribution in [1.82, 2.24) is 10.2 Å². The summed E-state index contributed by atoms with van der Waals surface area (Å²) < 4.78 is 0. The molecule has 20 heavy (non-hydrogen) atoms. The van der Waals surface area contributed by atoms with Crippen LogP contribution in [0.2, 0.25) is 0 Å². The standard InChI is InChI=1S/C15H23N3O2/c1-5-11-12(6-2)16-17-14(13(11)15(19)20)18(4)8-10-7-9(10)3/h9-10H,5-8H2,1-4H3,(H,19,20). The van der Waals surface area contributed by atoms with Gasteiger partial charge in [0.05, 0.1) is 5.69 Å². The topological polar surface area (TPSA) is 66.3 Å². The van der Waals surface area contributed by atoms with Gasteiger partial charge in [0.25, 0.3) is 0 Å². The fourth-order valence-electron chi connectivity index (χ4n) is 2.75. The molecule has 110 valence electrons. The number of hydrogen-bond donors (Lipinski definition) is 1. The Morgan fingerprint density at radius 3 is 2.45 bits per heavy atom. The Morgan fingerprint density at radius 1 is 1.35 bits per heavy atom. The van der Waals surface area contributed by atoms with Gasteiger partial charge in [-0.1, -0.05) is 20.8 Å². The molecule has 1 aliphatic rings. The summed E-state index contributed by atoms with van der Waals surface area (Å²) in [5.74, 6) is 0.987. The molecule has 0 aromatic carbocycles. The third-order valence-electron chi connectivity index (χ3n) is 4.19. The molecule has 0 aliphatic heterocycles. The van der Waals surface area contributed by atoms with Crippen molar-refractivity contribution in [2.75, 3.05) is 18.5 Å². The van der Waals surface area contributed by atoms with Crippen molar-refractivity contribution in [3.8, 4) is 0 Å². The molecule has 1 aromatic heterocycles. The van der Waals surface area contributed by atoms with Crippen molar-refractivity contribution in [2.24, 2.45) is 11.8 Å². The van der Waals surface area contributed by atoms with Crippen LogP contribution in [0.25, 0.3) is 0 Å². The minimum absolute atomic E-state index is 0.329. The van der Waals surface area contributed by atoms with Gasteiger partial charge in [-0.25, -0.2) is 4.79 Å². The highest BCUT2D eigenvalue weighted by Crippen LogP contribution is 2.39. The first-order valence-corrected chi connectivity index (χ1v) is 7.32. The Morgan fingerprint density at radius 2 is 2.00 bits per heavy atom. The zero-order valence-corrected chi connectivity index (χ0v) is 12.7. The van der Waals surface area contributed by atoms with E-state index in [9.17, 15) is 9.90 Å². The van der Waals surface area contributed by atoms with E-state index in [1.165, 1.54) is 6.42 Å². The second-order valence-electron chi connectivity index (χ2n) is 5.69. The van der Waals surface area contributed by atoms with Gasteiger partial charge in [-0.05, 0) is 36.7 Å². The molecular formula is C15H23N3O2. The fourth-order valence-corrected chi connectivity index (χ4v) is 2.75. The van der Waals surface area contributed by atoms with Crippen LogP contribution in [0.5, 0.6) is 0 Å². The molecule has 1 aliphatic carbocycles. The van der Waals surface area contributed by atoms with E-state index >= 15 is 0 Å². The van der Waals surface area contributed by atoms with Crippen molar-refractivity contribution in [3.05, 3.63) is 16.8 Å². The van der Waals surface area contributed by atoms with Crippen molar-refractivity contribution in [2.45, 2.75) is 40.0 Å². The van der Waals surface area contributed by atoms with Crippen LogP contribution >= 0.6 is 0 Å². The molecule has 5 heteroatoms. The molecule has 2 unspecified atom stereocenters. The maximum absolute atomic E-state index is 11.6. The first-order valence-electron chi connectivity index (χ1n) is 7.32. The molecule has 2 rings (SSSR count). The SMILES string of the molecule is CCc1nnc(N(C)CC2CC2C)c(C(=O)O)c1CC. The normalized spacial score (nSPS) is 20.8. The first kappa shape index (κ1) is 14.8. The van der Waals surface area contributed by atoms with Crippen LogP contribution in [0.4, 0.5) is 5.82 Å². The number of carbonyl (C=O) groups is 1. The molecule has 1 N–H and O–H groups in total. The second kappa shape index (κ2) is 5.77. The number of hydrogen-bond acceptors (Lipinski definition) is 4. The molecule has 0 spiro atoms. The van der Waals surface area contributed by atoms with Crippen LogP contribution in [-0.4, -0.2) is 34.9 Å². The van der Waals surface area contributed by atoms with E-state index in [1.807, 2.05) is 25.8 Å². The van der Waals surface area contributed by atoms with Gasteiger partial charge >= 0.3 is 5.97 Å². The summed E-state index contributed by atoms with van der Waals surface area (Å²) in [6.07, 6.45) is 2.59. The summed E-state index contributed by atoms with van der Waals surface area (Å²) in [4.78, 5) is 13.6. The predicted octanol–water partition coefficient (Wildman–Crippen LogP) is 2.39. The molecule has 0 bridgehead atoms. The molecule has 0 radical (unpaired) electrons. The molecule has 1 saturated carbocycles. The highest BCUT2D eigenvalue weighted by molar-refractivity contribution is 5.95. The smallest absolute Gasteiger partial charge is 0.339 e. The van der Waals surface area contributed by atoms with Crippen LogP contribution in [0, 0.1) is 11.8 Å². The van der Waals surface area contributed by atoms with Gasteiger partial charge in [0.15, 0.2) is 5.82 Å². The highest BCUT2D eigenvalue weighted by atomic mass is 16.4. The lowest BCUT2D eigenvalue weighted by atomic mass is 10.0. The molecule has 2 atom stereocenters. The average molecular weight is 277 g/mol. The van der Waals surface area contributed by atoms with Crippen molar-refractivity contribution in [3.63, 3.8) is 0 Å². The van der Waals surface area contributed by atoms with E-state index in [1.54, 1.807) is 0 Å². The van der Waals surface area contributed by atoms with E-state index in [-0.39, 0.29) is 0 Å². The van der Waals surface area contributed by atoms with Gasteiger partial charge in [0, 0.05) is 13.6 Å². The number of aryl methyl sites for hydroxylation is 1. The molecule has 0 saturated heterocycles. The zero-order chi connectivity index (χ0) is 14.9. The third-order valence-corrected chi connectivity index (χ3v) is 4.19. The minimum Gasteiger partial charge on any atom is -0.478 e. The van der Waals surface area contributed by atoms with E-state index in [4.69, 9.17) is 0 Å². The van der Waals surface area contributed by atoms with Crippen molar-refractivity contribution in [1.29, 1.82) is 0 Å². The monoisotopic (exact) mass is 277 g/mol. The number of carboxylic acid groups (broad SMARTS) is 1. The predicted molar refractivity (Wildman–Crippen MR) is 78.3 cm³/mol. The lowest BCUT2D eigenvalue weighted by Crippen LogP contribution is -2.26. The summed E-state index contributed by atoms with van der Waals surface area (Å²) in [7, 11) is 1.91. The fraction of sp³-hybridized carbons (Fsp3) is 0.667. The van der Waals surface area contributed by atoms with Crippen molar-refractivity contribution >= 4 is 11.8 Å². The lowest BCUT2D eigenvalue weighted by Gasteiger charge is -2.21. The van der Waals surface area contributed by atoms with Crippen LogP contribution in [-0.2, 0) is 12.8 Å². The number of carboxylic acids is 1. The van der Waals surface area contributed by atoms with Gasteiger partial charge in [-0.3, -0.25) is 0 Å². The maximum Gasteiger partial charge on any atom is 0.339 e. The zero-order valence-electron chi connectivity index (χ0n) is 12.7. The van der Waals surface area contributed by atoms with Crippen LogP contribution < -0.4 is 4.90 Å². The summed E-state index contributed by atoms with van der Waals surface area (Å²) >= 11 is 0. The van der Waals surface area contributed by atoms with E-state index < -0.39 is 5.97 Å². The number of aromatic carboxylic acids is 1. The number of anilines is 1. The number of aromatic nitrogens is 2. The second-order valence-corrected chi connectivity index (χ2v) is 5.69. The summed E-state index contributed by atoms with van der Waals surface area (Å²) in [6, 6.07) is 0. The Bertz CT molecular complexity index is 516. The number of rotatable bonds is 6. The van der Waals surface area contributed by atoms with Crippen LogP contribution in [0.15, 0.2) is 0 Å². The highest BCUT2D eigenvalue weighted by Gasteiger charge is 2.34. The summed E-state index contributed by atoms with van der Waals surface area (Å²) in [6.45, 7) is 7.02. The average Bonchev–Trinajstić information content (AvgIpc) is 3.11. The van der Waals surface area contributed by atoms with Crippen LogP contribution in [0.1, 0.15) is 48.8 Å². The van der Waals surface area contributed by atoms with Gasteiger partial charge < -0.3 is 10.0 Å². The number of nitrogens with zero attached hydrogens (tertiary/aromatic N) is 3. The third kappa shape index (κ3) is 2.76. The first-order chi connectivity index (χ1) is 9.49. The Hall–Kier alpha value is -1.65. The van der Waals surface area contributed by atoms with E-state index in [0.29, 0.717) is 30.1 Å². The molecular weight excluding hydrogens is 254 g/mol. The summed E-state index contributed by atoms with van der Waals surface area (Å²) in [5.41, 5.74) is 1.94. The summed E-state index contributed by atoms with van der Waals surface area (Å²) in [5, 5.41) is 18.0. The Balaban J connectivity index is 2.38. The van der Waals surface area contributed by atoms with Gasteiger partial charge in [0.1, 0.15) is 5.56 Å². The van der Waals surface area contributed by atoms with Gasteiger partial charge in [-0.2, -0.15) is 5.10 Å².